The molecule has 0 aromatic heterocycles. The third-order valence-corrected chi connectivity index (χ3v) is 10.3. The number of hydrogen-bond acceptors (Lipinski definition) is 3. The minimum Gasteiger partial charge on any atom is -0.349 e. The largest absolute Gasteiger partial charge is 0.349 e. The van der Waals surface area contributed by atoms with Crippen LogP contribution in [0.5, 0.6) is 0 Å². The molecule has 1 aliphatic heterocycles. The summed E-state index contributed by atoms with van der Waals surface area (Å²) in [6, 6.07) is 13.3. The standard InChI is InChI=1S/C29H31ClN2O2S/c1-17(29-14-18-9-19(15-29)11-20(10-18)16-29)31-27(33)22-7-8-25-24(12-22)32(2)28(34)26(35-25)13-21-5-3-4-6-23(21)30/h3-8,12-13,17-20H,9-11,14-16H2,1-2H3,(H,31,33)/b26-13+. The van der Waals surface area contributed by atoms with E-state index in [0.717, 1.165) is 33.9 Å². The Morgan fingerprint density at radius 3 is 2.43 bits per heavy atom. The Bertz CT molecular complexity index is 1200. The Kier molecular flexibility index (Phi) is 5.76. The minimum absolute atomic E-state index is 0.0423. The van der Waals surface area contributed by atoms with Gasteiger partial charge < -0.3 is 10.2 Å². The maximum atomic E-state index is 13.3. The predicted molar refractivity (Wildman–Crippen MR) is 143 cm³/mol. The van der Waals surface area contributed by atoms with Gasteiger partial charge in [-0.25, -0.2) is 0 Å². The van der Waals surface area contributed by atoms with Crippen molar-refractivity contribution in [1.82, 2.24) is 5.32 Å². The lowest BCUT2D eigenvalue weighted by Gasteiger charge is -2.59. The number of fused-ring (bicyclic) bond motifs is 1. The van der Waals surface area contributed by atoms with Crippen LogP contribution in [-0.2, 0) is 4.79 Å². The van der Waals surface area contributed by atoms with Crippen molar-refractivity contribution in [2.24, 2.45) is 23.2 Å². The second kappa shape index (κ2) is 8.70. The van der Waals surface area contributed by atoms with Crippen molar-refractivity contribution in [2.75, 3.05) is 11.9 Å². The quantitative estimate of drug-likeness (QED) is 0.465. The summed E-state index contributed by atoms with van der Waals surface area (Å²) in [5.74, 6) is 2.43. The zero-order chi connectivity index (χ0) is 24.3. The number of hydrogen-bond donors (Lipinski definition) is 1. The van der Waals surface area contributed by atoms with E-state index in [-0.39, 0.29) is 23.3 Å². The summed E-state index contributed by atoms with van der Waals surface area (Å²) in [5, 5.41) is 3.97. The molecule has 1 unspecified atom stereocenters. The minimum atomic E-state index is -0.0955. The molecule has 4 fully saturated rings. The number of rotatable bonds is 4. The summed E-state index contributed by atoms with van der Waals surface area (Å²) in [6.45, 7) is 2.21. The van der Waals surface area contributed by atoms with E-state index in [1.54, 1.807) is 11.9 Å². The normalized spacial score (nSPS) is 30.9. The molecule has 35 heavy (non-hydrogen) atoms. The van der Waals surface area contributed by atoms with Gasteiger partial charge in [-0.2, -0.15) is 0 Å². The van der Waals surface area contributed by atoms with Crippen molar-refractivity contribution in [2.45, 2.75) is 56.4 Å². The summed E-state index contributed by atoms with van der Waals surface area (Å²) in [5.41, 5.74) is 2.46. The van der Waals surface area contributed by atoms with Crippen molar-refractivity contribution in [3.05, 3.63) is 63.5 Å². The lowest BCUT2D eigenvalue weighted by atomic mass is 9.48. The smallest absolute Gasteiger partial charge is 0.264 e. The van der Waals surface area contributed by atoms with Crippen LogP contribution in [0.1, 0.15) is 61.4 Å². The van der Waals surface area contributed by atoms with Gasteiger partial charge in [-0.3, -0.25) is 9.59 Å². The van der Waals surface area contributed by atoms with E-state index in [1.807, 2.05) is 48.5 Å². The topological polar surface area (TPSA) is 49.4 Å². The Morgan fingerprint density at radius 2 is 1.77 bits per heavy atom. The molecule has 4 saturated carbocycles. The zero-order valence-electron chi connectivity index (χ0n) is 20.2. The van der Waals surface area contributed by atoms with Gasteiger partial charge >= 0.3 is 0 Å². The molecular formula is C29H31ClN2O2S. The van der Waals surface area contributed by atoms with E-state index in [2.05, 4.69) is 12.2 Å². The fourth-order valence-corrected chi connectivity index (χ4v) is 8.68. The average Bonchev–Trinajstić information content (AvgIpc) is 2.82. The van der Waals surface area contributed by atoms with Gasteiger partial charge in [0.2, 0.25) is 0 Å². The highest BCUT2D eigenvalue weighted by molar-refractivity contribution is 8.04. The van der Waals surface area contributed by atoms with Gasteiger partial charge in [0.05, 0.1) is 10.6 Å². The van der Waals surface area contributed by atoms with Gasteiger partial charge in [0.15, 0.2) is 0 Å². The van der Waals surface area contributed by atoms with Crippen LogP contribution >= 0.6 is 23.4 Å². The van der Waals surface area contributed by atoms with Crippen molar-refractivity contribution >= 4 is 46.9 Å². The SMILES string of the molecule is CC(NC(=O)c1ccc2c(c1)N(C)C(=O)/C(=C\c1ccccc1Cl)S2)C12CC3CC(CC(C3)C1)C2. The number of benzene rings is 2. The molecule has 2 amide bonds. The number of carbonyl (C=O) groups excluding carboxylic acids is 2. The lowest BCUT2D eigenvalue weighted by molar-refractivity contribution is -0.114. The molecule has 1 N–H and O–H groups in total. The maximum Gasteiger partial charge on any atom is 0.264 e. The van der Waals surface area contributed by atoms with Crippen LogP contribution < -0.4 is 10.2 Å². The summed E-state index contributed by atoms with van der Waals surface area (Å²) in [7, 11) is 1.76. The third-order valence-electron chi connectivity index (χ3n) is 8.86. The molecule has 6 heteroatoms. The summed E-state index contributed by atoms with van der Waals surface area (Å²) < 4.78 is 0. The molecule has 5 aliphatic rings. The van der Waals surface area contributed by atoms with E-state index in [1.165, 1.54) is 50.3 Å². The van der Waals surface area contributed by atoms with Crippen molar-refractivity contribution in [3.8, 4) is 0 Å². The first-order valence-corrected chi connectivity index (χ1v) is 13.9. The molecule has 0 saturated heterocycles. The molecular weight excluding hydrogens is 476 g/mol. The van der Waals surface area contributed by atoms with Crippen molar-refractivity contribution in [3.63, 3.8) is 0 Å². The zero-order valence-corrected chi connectivity index (χ0v) is 21.8. The highest BCUT2D eigenvalue weighted by Crippen LogP contribution is 2.61. The third kappa shape index (κ3) is 4.11. The molecule has 4 bridgehead atoms. The van der Waals surface area contributed by atoms with Crippen LogP contribution in [-0.4, -0.2) is 24.9 Å². The molecule has 7 rings (SSSR count). The van der Waals surface area contributed by atoms with Gasteiger partial charge in [-0.1, -0.05) is 41.6 Å². The Labute approximate surface area is 216 Å². The monoisotopic (exact) mass is 506 g/mol. The van der Waals surface area contributed by atoms with Gasteiger partial charge in [-0.05, 0) is 105 Å². The second-order valence-electron chi connectivity index (χ2n) is 11.2. The number of amides is 2. The number of anilines is 1. The summed E-state index contributed by atoms with van der Waals surface area (Å²) in [6.07, 6.45) is 9.82. The Morgan fingerprint density at radius 1 is 1.11 bits per heavy atom. The molecule has 2 aromatic carbocycles. The van der Waals surface area contributed by atoms with Gasteiger partial charge in [0, 0.05) is 28.6 Å². The Hall–Kier alpha value is -2.24. The van der Waals surface area contributed by atoms with Crippen LogP contribution in [0.3, 0.4) is 0 Å². The van der Waals surface area contributed by atoms with Gasteiger partial charge in [-0.15, -0.1) is 0 Å². The number of likely N-dealkylation sites (N-methyl/N-ethyl adjacent to an activating group) is 1. The van der Waals surface area contributed by atoms with Gasteiger partial charge in [0.1, 0.15) is 0 Å². The van der Waals surface area contributed by atoms with E-state index >= 15 is 0 Å². The molecule has 182 valence electrons. The number of nitrogens with one attached hydrogen (secondary N) is 1. The summed E-state index contributed by atoms with van der Waals surface area (Å²) >= 11 is 7.72. The lowest BCUT2D eigenvalue weighted by Crippen LogP contribution is -2.55. The van der Waals surface area contributed by atoms with Crippen LogP contribution in [0, 0.1) is 23.2 Å². The number of carbonyl (C=O) groups is 2. The van der Waals surface area contributed by atoms with Crippen LogP contribution in [0.2, 0.25) is 5.02 Å². The van der Waals surface area contributed by atoms with E-state index in [9.17, 15) is 9.59 Å². The van der Waals surface area contributed by atoms with Crippen LogP contribution in [0.25, 0.3) is 6.08 Å². The summed E-state index contributed by atoms with van der Waals surface area (Å²) in [4.78, 5) is 29.6. The molecule has 4 aliphatic carbocycles. The molecule has 2 aromatic rings. The fraction of sp³-hybridized carbons (Fsp3) is 0.448. The van der Waals surface area contributed by atoms with E-state index < -0.39 is 0 Å². The van der Waals surface area contributed by atoms with Crippen molar-refractivity contribution < 1.29 is 9.59 Å². The molecule has 1 atom stereocenters. The first kappa shape index (κ1) is 23.2. The average molecular weight is 507 g/mol. The number of thioether (sulfide) groups is 1. The van der Waals surface area contributed by atoms with Crippen molar-refractivity contribution in [1.29, 1.82) is 0 Å². The first-order valence-electron chi connectivity index (χ1n) is 12.7. The highest BCUT2D eigenvalue weighted by atomic mass is 35.5. The highest BCUT2D eigenvalue weighted by Gasteiger charge is 2.53. The number of halogens is 1. The predicted octanol–water partition coefficient (Wildman–Crippen LogP) is 6.78. The molecule has 0 radical (unpaired) electrons. The molecule has 4 nitrogen and oxygen atoms in total. The second-order valence-corrected chi connectivity index (χ2v) is 12.6. The number of nitrogens with zero attached hydrogens (tertiary/aromatic N) is 1. The molecule has 1 heterocycles. The maximum absolute atomic E-state index is 13.3. The van der Waals surface area contributed by atoms with Gasteiger partial charge in [0.25, 0.3) is 11.8 Å². The molecule has 0 spiro atoms. The van der Waals surface area contributed by atoms with E-state index in [0.29, 0.717) is 15.5 Å². The van der Waals surface area contributed by atoms with Crippen LogP contribution in [0.4, 0.5) is 5.69 Å². The fourth-order valence-electron chi connectivity index (χ4n) is 7.41. The van der Waals surface area contributed by atoms with E-state index in [4.69, 9.17) is 11.6 Å². The Balaban J connectivity index is 1.21. The van der Waals surface area contributed by atoms with Crippen LogP contribution in [0.15, 0.2) is 52.3 Å². The first-order chi connectivity index (χ1) is 16.8.